The number of carbonyl (C=O) groups is 2. The third-order valence-electron chi connectivity index (χ3n) is 6.35. The highest BCUT2D eigenvalue weighted by molar-refractivity contribution is 6.42. The topological polar surface area (TPSA) is 113 Å². The SMILES string of the molecule is CC(NC[C@@H](C)n1nc2c(c1C(=O)O)CN(C(=O)c1ccc(Cl)c(Cl)c1)[C@H](C)C2)c1cnc(Cl)nc1. The van der Waals surface area contributed by atoms with Gasteiger partial charge in [0.2, 0.25) is 5.28 Å². The number of nitrogens with one attached hydrogen (secondary N) is 1. The molecule has 1 amide bonds. The summed E-state index contributed by atoms with van der Waals surface area (Å²) in [6, 6.07) is 4.18. The summed E-state index contributed by atoms with van der Waals surface area (Å²) in [5, 5.41) is 18.9. The number of carboxylic acid groups (broad SMARTS) is 1. The molecule has 3 aromatic rings. The highest BCUT2D eigenvalue weighted by Crippen LogP contribution is 2.30. The van der Waals surface area contributed by atoms with E-state index in [-0.39, 0.29) is 46.6 Å². The second kappa shape index (κ2) is 10.7. The molecule has 0 saturated carbocycles. The molecular formula is C24H25Cl3N6O3. The number of fused-ring (bicyclic) bond motifs is 1. The first-order chi connectivity index (χ1) is 17.1. The average Bonchev–Trinajstić information content (AvgIpc) is 3.22. The summed E-state index contributed by atoms with van der Waals surface area (Å²) in [5.41, 5.74) is 2.56. The molecule has 4 rings (SSSR count). The van der Waals surface area contributed by atoms with Gasteiger partial charge in [-0.25, -0.2) is 14.8 Å². The molecule has 0 bridgehead atoms. The van der Waals surface area contributed by atoms with E-state index in [9.17, 15) is 14.7 Å². The number of carbonyl (C=O) groups excluding carboxylic acids is 1. The van der Waals surface area contributed by atoms with Crippen molar-refractivity contribution in [3.63, 3.8) is 0 Å². The van der Waals surface area contributed by atoms with Gasteiger partial charge < -0.3 is 15.3 Å². The maximum atomic E-state index is 13.3. The minimum Gasteiger partial charge on any atom is -0.477 e. The molecule has 0 radical (unpaired) electrons. The molecule has 9 nitrogen and oxygen atoms in total. The van der Waals surface area contributed by atoms with Gasteiger partial charge in [0.05, 0.1) is 28.3 Å². The van der Waals surface area contributed by atoms with Gasteiger partial charge in [-0.15, -0.1) is 0 Å². The van der Waals surface area contributed by atoms with Crippen LogP contribution < -0.4 is 5.32 Å². The second-order valence-electron chi connectivity index (χ2n) is 8.90. The summed E-state index contributed by atoms with van der Waals surface area (Å²) in [6.45, 7) is 6.35. The maximum absolute atomic E-state index is 13.3. The van der Waals surface area contributed by atoms with E-state index in [1.807, 2.05) is 20.8 Å². The van der Waals surface area contributed by atoms with Gasteiger partial charge in [-0.2, -0.15) is 5.10 Å². The van der Waals surface area contributed by atoms with E-state index >= 15 is 0 Å². The zero-order valence-electron chi connectivity index (χ0n) is 19.9. The van der Waals surface area contributed by atoms with Crippen molar-refractivity contribution in [2.24, 2.45) is 0 Å². The maximum Gasteiger partial charge on any atom is 0.354 e. The molecule has 0 aliphatic carbocycles. The van der Waals surface area contributed by atoms with E-state index < -0.39 is 5.97 Å². The van der Waals surface area contributed by atoms with Crippen molar-refractivity contribution in [1.29, 1.82) is 0 Å². The van der Waals surface area contributed by atoms with E-state index in [0.29, 0.717) is 34.8 Å². The van der Waals surface area contributed by atoms with Crippen LogP contribution in [0.4, 0.5) is 0 Å². The van der Waals surface area contributed by atoms with Gasteiger partial charge >= 0.3 is 5.97 Å². The summed E-state index contributed by atoms with van der Waals surface area (Å²) < 4.78 is 1.53. The van der Waals surface area contributed by atoms with Crippen LogP contribution in [-0.2, 0) is 13.0 Å². The molecule has 0 saturated heterocycles. The molecule has 1 aliphatic heterocycles. The Balaban J connectivity index is 1.55. The number of carboxylic acids is 1. The predicted molar refractivity (Wildman–Crippen MR) is 137 cm³/mol. The van der Waals surface area contributed by atoms with Crippen LogP contribution in [0.5, 0.6) is 0 Å². The van der Waals surface area contributed by atoms with Gasteiger partial charge in [-0.3, -0.25) is 9.48 Å². The van der Waals surface area contributed by atoms with Crippen LogP contribution in [0, 0.1) is 0 Å². The van der Waals surface area contributed by atoms with Crippen molar-refractivity contribution in [2.45, 2.75) is 51.9 Å². The Bertz CT molecular complexity index is 1300. The molecule has 36 heavy (non-hydrogen) atoms. The lowest BCUT2D eigenvalue weighted by Gasteiger charge is -2.33. The van der Waals surface area contributed by atoms with E-state index in [1.54, 1.807) is 29.4 Å². The number of hydrogen-bond donors (Lipinski definition) is 2. The van der Waals surface area contributed by atoms with E-state index in [0.717, 1.165) is 5.56 Å². The van der Waals surface area contributed by atoms with Crippen LogP contribution in [0.3, 0.4) is 0 Å². The van der Waals surface area contributed by atoms with Gasteiger partial charge in [0.15, 0.2) is 5.69 Å². The Morgan fingerprint density at radius 3 is 2.50 bits per heavy atom. The molecule has 0 spiro atoms. The molecule has 1 unspecified atom stereocenters. The molecular weight excluding hydrogens is 527 g/mol. The van der Waals surface area contributed by atoms with E-state index in [2.05, 4.69) is 20.4 Å². The molecule has 3 atom stereocenters. The van der Waals surface area contributed by atoms with Crippen LogP contribution in [0.15, 0.2) is 30.6 Å². The fourth-order valence-electron chi connectivity index (χ4n) is 4.27. The highest BCUT2D eigenvalue weighted by atomic mass is 35.5. The van der Waals surface area contributed by atoms with Crippen LogP contribution in [0.1, 0.15) is 70.5 Å². The first-order valence-corrected chi connectivity index (χ1v) is 12.5. The zero-order valence-corrected chi connectivity index (χ0v) is 22.1. The third-order valence-corrected chi connectivity index (χ3v) is 7.28. The standard InChI is InChI=1S/C24H25Cl3N6O3/c1-12-6-20-17(11-32(12)22(34)15-4-5-18(25)19(26)7-15)21(23(35)36)33(31-20)13(2)8-28-14(3)16-9-29-24(27)30-10-16/h4-5,7,9-10,12-14,28H,6,8,11H2,1-3H3,(H,35,36)/t12-,13-,14?/m1/s1. The molecule has 0 fully saturated rings. The molecule has 2 N–H and O–H groups in total. The lowest BCUT2D eigenvalue weighted by atomic mass is 9.98. The predicted octanol–water partition coefficient (Wildman–Crippen LogP) is 4.83. The van der Waals surface area contributed by atoms with Crippen molar-refractivity contribution in [1.82, 2.24) is 30.0 Å². The Labute approximate surface area is 223 Å². The summed E-state index contributed by atoms with van der Waals surface area (Å²) in [5.74, 6) is -1.34. The zero-order chi connectivity index (χ0) is 26.1. The first-order valence-electron chi connectivity index (χ1n) is 11.4. The summed E-state index contributed by atoms with van der Waals surface area (Å²) in [6.07, 6.45) is 3.73. The minimum absolute atomic E-state index is 0.0810. The number of hydrogen-bond acceptors (Lipinski definition) is 6. The third kappa shape index (κ3) is 5.34. The summed E-state index contributed by atoms with van der Waals surface area (Å²) in [7, 11) is 0. The number of aromatic carboxylic acids is 1. The number of aromatic nitrogens is 4. The van der Waals surface area contributed by atoms with Gasteiger partial charge in [0.25, 0.3) is 5.91 Å². The van der Waals surface area contributed by atoms with Crippen molar-refractivity contribution in [2.75, 3.05) is 6.54 Å². The van der Waals surface area contributed by atoms with Crippen molar-refractivity contribution in [3.8, 4) is 0 Å². The van der Waals surface area contributed by atoms with Crippen LogP contribution in [0.25, 0.3) is 0 Å². The number of halogens is 3. The smallest absolute Gasteiger partial charge is 0.354 e. The second-order valence-corrected chi connectivity index (χ2v) is 10.1. The highest BCUT2D eigenvalue weighted by Gasteiger charge is 2.35. The summed E-state index contributed by atoms with van der Waals surface area (Å²) in [4.78, 5) is 35.2. The Morgan fingerprint density at radius 2 is 1.86 bits per heavy atom. The number of nitrogens with zero attached hydrogens (tertiary/aromatic N) is 5. The molecule has 1 aliphatic rings. The normalized spacial score (nSPS) is 16.9. The molecule has 190 valence electrons. The van der Waals surface area contributed by atoms with Crippen molar-refractivity contribution >= 4 is 46.7 Å². The molecule has 2 aromatic heterocycles. The van der Waals surface area contributed by atoms with E-state index in [4.69, 9.17) is 34.8 Å². The number of rotatable bonds is 7. The fourth-order valence-corrected chi connectivity index (χ4v) is 4.67. The van der Waals surface area contributed by atoms with Crippen molar-refractivity contribution < 1.29 is 14.7 Å². The van der Waals surface area contributed by atoms with Gasteiger partial charge in [0.1, 0.15) is 0 Å². The van der Waals surface area contributed by atoms with Gasteiger partial charge in [-0.1, -0.05) is 23.2 Å². The van der Waals surface area contributed by atoms with Gasteiger partial charge in [-0.05, 0) is 50.6 Å². The van der Waals surface area contributed by atoms with Crippen LogP contribution in [-0.4, -0.2) is 54.2 Å². The molecule has 12 heteroatoms. The van der Waals surface area contributed by atoms with Crippen LogP contribution in [0.2, 0.25) is 15.3 Å². The molecule has 1 aromatic carbocycles. The van der Waals surface area contributed by atoms with Crippen molar-refractivity contribution in [3.05, 3.63) is 74.0 Å². The largest absolute Gasteiger partial charge is 0.477 e. The number of amides is 1. The fraction of sp³-hybridized carbons (Fsp3) is 0.375. The Kier molecular flexibility index (Phi) is 7.85. The quantitative estimate of drug-likeness (QED) is 0.404. The Morgan fingerprint density at radius 1 is 1.17 bits per heavy atom. The first kappa shape index (κ1) is 26.3. The lowest BCUT2D eigenvalue weighted by molar-refractivity contribution is 0.0633. The van der Waals surface area contributed by atoms with Crippen LogP contribution >= 0.6 is 34.8 Å². The Hall–Kier alpha value is -2.72. The van der Waals surface area contributed by atoms with Gasteiger partial charge in [0, 0.05) is 54.1 Å². The number of benzene rings is 1. The minimum atomic E-state index is -1.09. The molecule has 3 heterocycles. The summed E-state index contributed by atoms with van der Waals surface area (Å²) >= 11 is 17.9. The van der Waals surface area contributed by atoms with E-state index in [1.165, 1.54) is 10.7 Å². The average molecular weight is 552 g/mol. The monoisotopic (exact) mass is 550 g/mol. The lowest BCUT2D eigenvalue weighted by Crippen LogP contribution is -2.42.